The summed E-state index contributed by atoms with van der Waals surface area (Å²) in [5.41, 5.74) is 2.36. The van der Waals surface area contributed by atoms with Crippen LogP contribution in [-0.4, -0.2) is 27.7 Å². The lowest BCUT2D eigenvalue weighted by molar-refractivity contribution is -0.118. The van der Waals surface area contributed by atoms with Crippen molar-refractivity contribution in [2.75, 3.05) is 5.32 Å². The number of nitrogens with one attached hydrogen (secondary N) is 1. The van der Waals surface area contributed by atoms with Crippen LogP contribution in [0.5, 0.6) is 0 Å². The summed E-state index contributed by atoms with van der Waals surface area (Å²) in [6.07, 6.45) is 9.18. The molecule has 1 saturated carbocycles. The minimum Gasteiger partial charge on any atom is -0.331 e. The normalized spacial score (nSPS) is 14.7. The van der Waals surface area contributed by atoms with Gasteiger partial charge in [-0.1, -0.05) is 39.2 Å². The molecule has 2 aromatic rings. The van der Waals surface area contributed by atoms with Crippen molar-refractivity contribution in [2.45, 2.75) is 58.5 Å². The number of aromatic nitrogens is 1. The number of nitrogens with zero attached hydrogens (tertiary/aromatic N) is 2. The molecule has 1 aromatic carbocycles. The number of hydrogen-bond acceptors (Lipinski definition) is 3. The predicted octanol–water partition coefficient (Wildman–Crippen LogP) is 4.65. The largest absolute Gasteiger partial charge is 0.331 e. The molecule has 0 bridgehead atoms. The molecule has 0 radical (unpaired) electrons. The van der Waals surface area contributed by atoms with E-state index >= 15 is 0 Å². The van der Waals surface area contributed by atoms with Crippen molar-refractivity contribution in [3.8, 4) is 0 Å². The zero-order valence-electron chi connectivity index (χ0n) is 16.7. The maximum atomic E-state index is 13.4. The molecule has 1 aliphatic rings. The molecule has 0 unspecified atom stereocenters. The zero-order valence-corrected chi connectivity index (χ0v) is 16.7. The fourth-order valence-electron chi connectivity index (χ4n) is 3.63. The third kappa shape index (κ3) is 5.18. The summed E-state index contributed by atoms with van der Waals surface area (Å²) in [6, 6.07) is 11.4. The molecule has 28 heavy (non-hydrogen) atoms. The van der Waals surface area contributed by atoms with Crippen LogP contribution in [0.3, 0.4) is 0 Å². The molecule has 5 nitrogen and oxygen atoms in total. The second-order valence-electron chi connectivity index (χ2n) is 7.81. The first kappa shape index (κ1) is 20.1. The molecule has 148 valence electrons. The van der Waals surface area contributed by atoms with Crippen molar-refractivity contribution in [2.24, 2.45) is 5.92 Å². The highest BCUT2D eigenvalue weighted by molar-refractivity contribution is 5.97. The topological polar surface area (TPSA) is 62.3 Å². The molecular weight excluding hydrogens is 350 g/mol. The van der Waals surface area contributed by atoms with Gasteiger partial charge in [0.05, 0.1) is 0 Å². The summed E-state index contributed by atoms with van der Waals surface area (Å²) in [6.45, 7) is 4.28. The van der Waals surface area contributed by atoms with Gasteiger partial charge in [-0.3, -0.25) is 14.6 Å². The zero-order chi connectivity index (χ0) is 19.9. The van der Waals surface area contributed by atoms with Gasteiger partial charge in [0, 0.05) is 42.1 Å². The van der Waals surface area contributed by atoms with Gasteiger partial charge >= 0.3 is 0 Å². The van der Waals surface area contributed by atoms with Gasteiger partial charge in [0.1, 0.15) is 0 Å². The number of hydrogen-bond donors (Lipinski definition) is 1. The van der Waals surface area contributed by atoms with E-state index in [1.807, 2.05) is 49.1 Å². The first-order chi connectivity index (χ1) is 13.5. The standard InChI is InChI=1S/C23H29N3O2/c1-17(2)22(27)25-20-8-6-7-19(15-20)23(28)26(21-9-4-3-5-10-21)16-18-11-13-24-14-12-18/h6-8,11-15,17,21H,3-5,9-10,16H2,1-2H3,(H,25,27). The van der Waals surface area contributed by atoms with E-state index in [0.29, 0.717) is 17.8 Å². The maximum Gasteiger partial charge on any atom is 0.254 e. The second-order valence-corrected chi connectivity index (χ2v) is 7.81. The summed E-state index contributed by atoms with van der Waals surface area (Å²) in [7, 11) is 0. The van der Waals surface area contributed by atoms with Crippen molar-refractivity contribution >= 4 is 17.5 Å². The molecule has 1 N–H and O–H groups in total. The molecule has 0 aliphatic heterocycles. The average molecular weight is 380 g/mol. The fourth-order valence-corrected chi connectivity index (χ4v) is 3.63. The molecule has 0 atom stereocenters. The molecule has 1 aliphatic carbocycles. The number of benzene rings is 1. The predicted molar refractivity (Wildman–Crippen MR) is 111 cm³/mol. The summed E-state index contributed by atoms with van der Waals surface area (Å²) in [5.74, 6) is -0.139. The van der Waals surface area contributed by atoms with E-state index in [1.54, 1.807) is 18.5 Å². The first-order valence-corrected chi connectivity index (χ1v) is 10.2. The highest BCUT2D eigenvalue weighted by Gasteiger charge is 2.26. The maximum absolute atomic E-state index is 13.4. The van der Waals surface area contributed by atoms with Gasteiger partial charge in [-0.25, -0.2) is 0 Å². The van der Waals surface area contributed by atoms with E-state index in [9.17, 15) is 9.59 Å². The molecule has 1 fully saturated rings. The number of carbonyl (C=O) groups excluding carboxylic acids is 2. The Hall–Kier alpha value is -2.69. The SMILES string of the molecule is CC(C)C(=O)Nc1cccc(C(=O)N(Cc2ccncc2)C2CCCCC2)c1. The van der Waals surface area contributed by atoms with Gasteiger partial charge in [-0.2, -0.15) is 0 Å². The number of anilines is 1. The van der Waals surface area contributed by atoms with Gasteiger partial charge < -0.3 is 10.2 Å². The van der Waals surface area contributed by atoms with Crippen LogP contribution in [0.25, 0.3) is 0 Å². The number of carbonyl (C=O) groups is 2. The third-order valence-corrected chi connectivity index (χ3v) is 5.28. The molecule has 3 rings (SSSR count). The lowest BCUT2D eigenvalue weighted by atomic mass is 9.93. The van der Waals surface area contributed by atoms with Crippen molar-refractivity contribution in [3.63, 3.8) is 0 Å². The van der Waals surface area contributed by atoms with E-state index in [1.165, 1.54) is 6.42 Å². The summed E-state index contributed by atoms with van der Waals surface area (Å²) >= 11 is 0. The molecular formula is C23H29N3O2. The molecule has 2 amide bonds. The number of pyridine rings is 1. The van der Waals surface area contributed by atoms with Crippen LogP contribution in [0.2, 0.25) is 0 Å². The molecule has 1 aromatic heterocycles. The minimum absolute atomic E-state index is 0.0179. The highest BCUT2D eigenvalue weighted by atomic mass is 16.2. The van der Waals surface area contributed by atoms with E-state index < -0.39 is 0 Å². The lowest BCUT2D eigenvalue weighted by Crippen LogP contribution is -2.41. The Morgan fingerprint density at radius 3 is 2.50 bits per heavy atom. The Morgan fingerprint density at radius 1 is 1.11 bits per heavy atom. The van der Waals surface area contributed by atoms with Crippen LogP contribution in [0.1, 0.15) is 61.9 Å². The summed E-state index contributed by atoms with van der Waals surface area (Å²) in [4.78, 5) is 31.5. The van der Waals surface area contributed by atoms with E-state index in [-0.39, 0.29) is 23.8 Å². The van der Waals surface area contributed by atoms with E-state index in [0.717, 1.165) is 31.2 Å². The monoisotopic (exact) mass is 379 g/mol. The Morgan fingerprint density at radius 2 is 1.82 bits per heavy atom. The molecule has 0 saturated heterocycles. The van der Waals surface area contributed by atoms with Crippen LogP contribution in [-0.2, 0) is 11.3 Å². The van der Waals surface area contributed by atoms with Gasteiger partial charge in [0.15, 0.2) is 0 Å². The number of amides is 2. The van der Waals surface area contributed by atoms with E-state index in [4.69, 9.17) is 0 Å². The minimum atomic E-state index is -0.107. The van der Waals surface area contributed by atoms with Crippen molar-refractivity contribution < 1.29 is 9.59 Å². The van der Waals surface area contributed by atoms with Gasteiger partial charge in [0.2, 0.25) is 5.91 Å². The number of rotatable bonds is 6. The Bertz CT molecular complexity index is 799. The van der Waals surface area contributed by atoms with E-state index in [2.05, 4.69) is 10.3 Å². The van der Waals surface area contributed by atoms with Gasteiger partial charge in [-0.05, 0) is 48.7 Å². The van der Waals surface area contributed by atoms with Crippen LogP contribution < -0.4 is 5.32 Å². The smallest absolute Gasteiger partial charge is 0.254 e. The summed E-state index contributed by atoms with van der Waals surface area (Å²) < 4.78 is 0. The fraction of sp³-hybridized carbons (Fsp3) is 0.435. The Kier molecular flexibility index (Phi) is 6.80. The summed E-state index contributed by atoms with van der Waals surface area (Å²) in [5, 5.41) is 2.89. The quantitative estimate of drug-likeness (QED) is 0.794. The molecule has 0 spiro atoms. The van der Waals surface area contributed by atoms with Gasteiger partial charge in [-0.15, -0.1) is 0 Å². The van der Waals surface area contributed by atoms with Crippen molar-refractivity contribution in [1.29, 1.82) is 0 Å². The van der Waals surface area contributed by atoms with Crippen LogP contribution in [0.15, 0.2) is 48.8 Å². The third-order valence-electron chi connectivity index (χ3n) is 5.28. The highest BCUT2D eigenvalue weighted by Crippen LogP contribution is 2.26. The second kappa shape index (κ2) is 9.49. The van der Waals surface area contributed by atoms with Gasteiger partial charge in [0.25, 0.3) is 5.91 Å². The van der Waals surface area contributed by atoms with Crippen molar-refractivity contribution in [1.82, 2.24) is 9.88 Å². The Labute approximate surface area is 167 Å². The van der Waals surface area contributed by atoms with Crippen molar-refractivity contribution in [3.05, 3.63) is 59.9 Å². The Balaban J connectivity index is 1.83. The molecule has 1 heterocycles. The molecule has 5 heteroatoms. The van der Waals surface area contributed by atoms with Crippen LogP contribution >= 0.6 is 0 Å². The first-order valence-electron chi connectivity index (χ1n) is 10.2. The average Bonchev–Trinajstić information content (AvgIpc) is 2.73. The lowest BCUT2D eigenvalue weighted by Gasteiger charge is -2.34. The van der Waals surface area contributed by atoms with Crippen LogP contribution in [0, 0.1) is 5.92 Å². The van der Waals surface area contributed by atoms with Crippen LogP contribution in [0.4, 0.5) is 5.69 Å².